The van der Waals surface area contributed by atoms with Crippen LogP contribution in [0.4, 0.5) is 13.2 Å². The summed E-state index contributed by atoms with van der Waals surface area (Å²) in [6.07, 6.45) is 1.08. The number of halogens is 4. The standard InChI is InChI=1S/C19H36F3N5.HI/c1-3-23-18(25-13-17-5-4-10-26(2)14-17)24-9-6-16-7-11-27(12-8-16)15-19(20,21)22;/h16-17H,3-15H2,1-2H3,(H2,23,24,25);1H. The van der Waals surface area contributed by atoms with Gasteiger partial charge in [0.15, 0.2) is 5.96 Å². The van der Waals surface area contributed by atoms with Crippen LogP contribution in [0, 0.1) is 11.8 Å². The first-order valence-electron chi connectivity index (χ1n) is 10.4. The molecule has 2 rings (SSSR count). The van der Waals surface area contributed by atoms with Gasteiger partial charge in [-0.3, -0.25) is 9.89 Å². The second kappa shape index (κ2) is 13.1. The lowest BCUT2D eigenvalue weighted by Crippen LogP contribution is -2.42. The number of alkyl halides is 3. The third-order valence-electron chi connectivity index (χ3n) is 5.53. The minimum atomic E-state index is -4.08. The van der Waals surface area contributed by atoms with Crippen LogP contribution in [0.3, 0.4) is 0 Å². The average Bonchev–Trinajstić information content (AvgIpc) is 2.60. The van der Waals surface area contributed by atoms with E-state index in [1.165, 1.54) is 24.3 Å². The van der Waals surface area contributed by atoms with Crippen LogP contribution in [0.2, 0.25) is 0 Å². The number of nitrogens with one attached hydrogen (secondary N) is 2. The number of likely N-dealkylation sites (tertiary alicyclic amines) is 2. The van der Waals surface area contributed by atoms with Crippen LogP contribution < -0.4 is 10.6 Å². The number of hydrogen-bond acceptors (Lipinski definition) is 3. The van der Waals surface area contributed by atoms with Crippen LogP contribution in [0.1, 0.15) is 39.0 Å². The number of hydrogen-bond donors (Lipinski definition) is 2. The second-order valence-corrected chi connectivity index (χ2v) is 8.04. The van der Waals surface area contributed by atoms with Gasteiger partial charge in [-0.1, -0.05) is 0 Å². The fourth-order valence-electron chi connectivity index (χ4n) is 4.07. The number of guanidine groups is 1. The van der Waals surface area contributed by atoms with Crippen LogP contribution in [-0.2, 0) is 0 Å². The summed E-state index contributed by atoms with van der Waals surface area (Å²) in [4.78, 5) is 8.64. The lowest BCUT2D eigenvalue weighted by atomic mass is 9.93. The van der Waals surface area contributed by atoms with Gasteiger partial charge in [0.1, 0.15) is 0 Å². The highest BCUT2D eigenvalue weighted by molar-refractivity contribution is 14.0. The van der Waals surface area contributed by atoms with E-state index in [1.807, 2.05) is 0 Å². The van der Waals surface area contributed by atoms with Gasteiger partial charge in [-0.15, -0.1) is 24.0 Å². The SMILES string of the molecule is CCNC(=NCC1CCCN(C)C1)NCCC1CCN(CC(F)(F)F)CC1.I. The number of aliphatic imine (C=N–C) groups is 1. The molecule has 2 aliphatic rings. The highest BCUT2D eigenvalue weighted by Gasteiger charge is 2.32. The molecule has 0 spiro atoms. The van der Waals surface area contributed by atoms with Gasteiger partial charge in [-0.2, -0.15) is 13.2 Å². The summed E-state index contributed by atoms with van der Waals surface area (Å²) < 4.78 is 37.4. The van der Waals surface area contributed by atoms with Gasteiger partial charge in [-0.05, 0) is 77.5 Å². The molecule has 0 radical (unpaired) electrons. The zero-order valence-electron chi connectivity index (χ0n) is 17.2. The molecule has 0 aromatic rings. The quantitative estimate of drug-likeness (QED) is 0.308. The van der Waals surface area contributed by atoms with Crippen LogP contribution >= 0.6 is 24.0 Å². The fraction of sp³-hybridized carbons (Fsp3) is 0.947. The second-order valence-electron chi connectivity index (χ2n) is 8.04. The Labute approximate surface area is 184 Å². The molecule has 2 N–H and O–H groups in total. The zero-order chi connectivity index (χ0) is 19.7. The molecule has 28 heavy (non-hydrogen) atoms. The molecular formula is C19H37F3IN5. The van der Waals surface area contributed by atoms with Crippen molar-refractivity contribution in [2.24, 2.45) is 16.8 Å². The molecular weight excluding hydrogens is 482 g/mol. The molecule has 0 amide bonds. The Kier molecular flexibility index (Phi) is 12.0. The van der Waals surface area contributed by atoms with E-state index in [0.29, 0.717) is 24.9 Å². The molecule has 0 bridgehead atoms. The summed E-state index contributed by atoms with van der Waals surface area (Å²) >= 11 is 0. The average molecular weight is 519 g/mol. The summed E-state index contributed by atoms with van der Waals surface area (Å²) in [6, 6.07) is 0. The van der Waals surface area contributed by atoms with Gasteiger partial charge in [0.25, 0.3) is 0 Å². The lowest BCUT2D eigenvalue weighted by molar-refractivity contribution is -0.148. The molecule has 9 heteroatoms. The largest absolute Gasteiger partial charge is 0.401 e. The number of rotatable bonds is 7. The summed E-state index contributed by atoms with van der Waals surface area (Å²) in [6.45, 7) is 7.16. The number of nitrogens with zero attached hydrogens (tertiary/aromatic N) is 3. The van der Waals surface area contributed by atoms with Crippen LogP contribution in [0.15, 0.2) is 4.99 Å². The van der Waals surface area contributed by atoms with Gasteiger partial charge in [0, 0.05) is 26.2 Å². The Morgan fingerprint density at radius 1 is 1.07 bits per heavy atom. The van der Waals surface area contributed by atoms with E-state index in [2.05, 4.69) is 29.5 Å². The Morgan fingerprint density at radius 3 is 2.39 bits per heavy atom. The molecule has 1 atom stereocenters. The van der Waals surface area contributed by atoms with Gasteiger partial charge >= 0.3 is 6.18 Å². The molecule has 2 fully saturated rings. The molecule has 2 saturated heterocycles. The summed E-state index contributed by atoms with van der Waals surface area (Å²) in [5.41, 5.74) is 0. The zero-order valence-corrected chi connectivity index (χ0v) is 19.6. The predicted octanol–water partition coefficient (Wildman–Crippen LogP) is 3.17. The van der Waals surface area contributed by atoms with Crippen molar-refractivity contribution in [1.29, 1.82) is 0 Å². The maximum absolute atomic E-state index is 12.5. The first-order chi connectivity index (χ1) is 12.9. The van der Waals surface area contributed by atoms with Gasteiger partial charge in [-0.25, -0.2) is 0 Å². The molecule has 5 nitrogen and oxygen atoms in total. The van der Waals surface area contributed by atoms with E-state index in [4.69, 9.17) is 4.99 Å². The van der Waals surface area contributed by atoms with Crippen LogP contribution in [0.5, 0.6) is 0 Å². The van der Waals surface area contributed by atoms with E-state index in [0.717, 1.165) is 51.4 Å². The van der Waals surface area contributed by atoms with E-state index in [1.54, 1.807) is 0 Å². The van der Waals surface area contributed by atoms with E-state index in [-0.39, 0.29) is 24.0 Å². The monoisotopic (exact) mass is 519 g/mol. The van der Waals surface area contributed by atoms with Gasteiger partial charge in [0.2, 0.25) is 0 Å². The third-order valence-corrected chi connectivity index (χ3v) is 5.53. The molecule has 0 saturated carbocycles. The third kappa shape index (κ3) is 10.5. The Hall–Kier alpha value is -0.290. The van der Waals surface area contributed by atoms with Crippen molar-refractivity contribution in [3.05, 3.63) is 0 Å². The van der Waals surface area contributed by atoms with Crippen molar-refractivity contribution in [3.63, 3.8) is 0 Å². The van der Waals surface area contributed by atoms with Crippen molar-refractivity contribution in [1.82, 2.24) is 20.4 Å². The van der Waals surface area contributed by atoms with E-state index < -0.39 is 12.7 Å². The first-order valence-corrected chi connectivity index (χ1v) is 10.4. The number of piperidine rings is 2. The Morgan fingerprint density at radius 2 is 1.79 bits per heavy atom. The predicted molar refractivity (Wildman–Crippen MR) is 119 cm³/mol. The molecule has 1 unspecified atom stereocenters. The summed E-state index contributed by atoms with van der Waals surface area (Å²) in [7, 11) is 2.17. The Bertz CT molecular complexity index is 453. The minimum Gasteiger partial charge on any atom is -0.357 e. The normalized spacial score (nSPS) is 23.3. The maximum Gasteiger partial charge on any atom is 0.401 e. The van der Waals surface area contributed by atoms with Crippen molar-refractivity contribution in [2.75, 3.05) is 59.4 Å². The highest BCUT2D eigenvalue weighted by atomic mass is 127. The Balaban J connectivity index is 0.00000392. The lowest BCUT2D eigenvalue weighted by Gasteiger charge is -2.32. The van der Waals surface area contributed by atoms with Crippen molar-refractivity contribution in [3.8, 4) is 0 Å². The van der Waals surface area contributed by atoms with Crippen LogP contribution in [-0.4, -0.2) is 81.3 Å². The van der Waals surface area contributed by atoms with Crippen molar-refractivity contribution >= 4 is 29.9 Å². The first kappa shape index (κ1) is 25.7. The fourth-order valence-corrected chi connectivity index (χ4v) is 4.07. The highest BCUT2D eigenvalue weighted by Crippen LogP contribution is 2.24. The van der Waals surface area contributed by atoms with Gasteiger partial charge in [0.05, 0.1) is 6.54 Å². The topological polar surface area (TPSA) is 42.9 Å². The van der Waals surface area contributed by atoms with E-state index >= 15 is 0 Å². The van der Waals surface area contributed by atoms with Gasteiger partial charge < -0.3 is 15.5 Å². The molecule has 0 aromatic carbocycles. The van der Waals surface area contributed by atoms with Crippen molar-refractivity contribution in [2.45, 2.75) is 45.2 Å². The molecule has 0 aromatic heterocycles. The van der Waals surface area contributed by atoms with E-state index in [9.17, 15) is 13.2 Å². The summed E-state index contributed by atoms with van der Waals surface area (Å²) in [5.74, 6) is 1.98. The molecule has 0 aliphatic carbocycles. The molecule has 166 valence electrons. The maximum atomic E-state index is 12.5. The smallest absolute Gasteiger partial charge is 0.357 e. The van der Waals surface area contributed by atoms with Crippen LogP contribution in [0.25, 0.3) is 0 Å². The molecule has 2 aliphatic heterocycles. The minimum absolute atomic E-state index is 0. The summed E-state index contributed by atoms with van der Waals surface area (Å²) in [5, 5.41) is 6.70. The molecule has 2 heterocycles. The van der Waals surface area contributed by atoms with Crippen molar-refractivity contribution < 1.29 is 13.2 Å².